The molecule has 7 heteroatoms. The fourth-order valence-corrected chi connectivity index (χ4v) is 2.96. The smallest absolute Gasteiger partial charge is 0.260 e. The maximum Gasteiger partial charge on any atom is 0.260 e. The molecule has 0 saturated carbocycles. The Hall–Kier alpha value is -2.83. The van der Waals surface area contributed by atoms with Crippen molar-refractivity contribution < 1.29 is 18.7 Å². The van der Waals surface area contributed by atoms with Crippen LogP contribution in [0.1, 0.15) is 12.1 Å². The van der Waals surface area contributed by atoms with Gasteiger partial charge in [0.25, 0.3) is 5.91 Å². The summed E-state index contributed by atoms with van der Waals surface area (Å²) < 4.78 is 18.8. The van der Waals surface area contributed by atoms with Gasteiger partial charge in [-0.2, -0.15) is 0 Å². The van der Waals surface area contributed by atoms with E-state index in [0.29, 0.717) is 39.0 Å². The molecule has 26 heavy (non-hydrogen) atoms. The van der Waals surface area contributed by atoms with E-state index in [4.69, 9.17) is 4.74 Å². The molecule has 2 heterocycles. The van der Waals surface area contributed by atoms with Crippen LogP contribution in [0.4, 0.5) is 4.39 Å². The number of carbonyl (C=O) groups is 2. The van der Waals surface area contributed by atoms with Gasteiger partial charge >= 0.3 is 0 Å². The number of amides is 2. The summed E-state index contributed by atoms with van der Waals surface area (Å²) in [6.07, 6.45) is 2.83. The predicted molar refractivity (Wildman–Crippen MR) is 94.2 cm³/mol. The first-order valence-corrected chi connectivity index (χ1v) is 8.68. The lowest BCUT2D eigenvalue weighted by Gasteiger charge is -2.22. The molecule has 0 atom stereocenters. The number of H-pyrrole nitrogens is 1. The summed E-state index contributed by atoms with van der Waals surface area (Å²) in [7, 11) is 0. The van der Waals surface area contributed by atoms with E-state index in [-0.39, 0.29) is 24.2 Å². The van der Waals surface area contributed by atoms with Gasteiger partial charge in [0.2, 0.25) is 5.91 Å². The van der Waals surface area contributed by atoms with Crippen LogP contribution in [0.2, 0.25) is 0 Å². The Morgan fingerprint density at radius 3 is 2.42 bits per heavy atom. The summed E-state index contributed by atoms with van der Waals surface area (Å²) in [4.78, 5) is 31.2. The third-order valence-electron chi connectivity index (χ3n) is 4.39. The van der Waals surface area contributed by atoms with E-state index in [1.54, 1.807) is 28.1 Å². The Morgan fingerprint density at radius 2 is 1.73 bits per heavy atom. The molecule has 1 fully saturated rings. The van der Waals surface area contributed by atoms with Crippen LogP contribution in [0.3, 0.4) is 0 Å². The Bertz CT molecular complexity index is 748. The maximum atomic E-state index is 13.5. The summed E-state index contributed by atoms with van der Waals surface area (Å²) in [5.74, 6) is -0.577. The van der Waals surface area contributed by atoms with E-state index >= 15 is 0 Å². The van der Waals surface area contributed by atoms with Crippen LogP contribution in [-0.2, 0) is 16.0 Å². The third kappa shape index (κ3) is 4.62. The monoisotopic (exact) mass is 359 g/mol. The van der Waals surface area contributed by atoms with Crippen LogP contribution < -0.4 is 4.74 Å². The first kappa shape index (κ1) is 18.0. The number of aromatic nitrogens is 1. The highest BCUT2D eigenvalue weighted by molar-refractivity contribution is 5.79. The van der Waals surface area contributed by atoms with Crippen molar-refractivity contribution in [1.29, 1.82) is 0 Å². The molecule has 138 valence electrons. The van der Waals surface area contributed by atoms with Crippen LogP contribution in [0.25, 0.3) is 0 Å². The van der Waals surface area contributed by atoms with Crippen LogP contribution in [0, 0.1) is 5.82 Å². The number of para-hydroxylation sites is 1. The zero-order chi connectivity index (χ0) is 18.4. The lowest BCUT2D eigenvalue weighted by atomic mass is 10.2. The number of carbonyl (C=O) groups excluding carboxylic acids is 2. The second-order valence-electron chi connectivity index (χ2n) is 6.21. The van der Waals surface area contributed by atoms with Crippen molar-refractivity contribution >= 4 is 11.8 Å². The first-order valence-electron chi connectivity index (χ1n) is 8.68. The molecule has 2 aromatic rings. The van der Waals surface area contributed by atoms with Crippen molar-refractivity contribution in [2.45, 2.75) is 12.8 Å². The number of rotatable bonds is 5. The molecule has 1 N–H and O–H groups in total. The summed E-state index contributed by atoms with van der Waals surface area (Å²) >= 11 is 0. The van der Waals surface area contributed by atoms with Gasteiger partial charge in [-0.1, -0.05) is 12.1 Å². The molecule has 0 spiro atoms. The number of halogens is 1. The van der Waals surface area contributed by atoms with Crippen molar-refractivity contribution in [2.75, 3.05) is 32.8 Å². The van der Waals surface area contributed by atoms with Crippen molar-refractivity contribution in [3.8, 4) is 5.75 Å². The van der Waals surface area contributed by atoms with Gasteiger partial charge < -0.3 is 19.5 Å². The molecule has 0 radical (unpaired) electrons. The van der Waals surface area contributed by atoms with Crippen molar-refractivity contribution in [1.82, 2.24) is 14.8 Å². The van der Waals surface area contributed by atoms with E-state index in [2.05, 4.69) is 4.98 Å². The van der Waals surface area contributed by atoms with Gasteiger partial charge in [-0.15, -0.1) is 0 Å². The highest BCUT2D eigenvalue weighted by atomic mass is 19.1. The van der Waals surface area contributed by atoms with Crippen molar-refractivity contribution in [3.05, 3.63) is 54.1 Å². The fraction of sp³-hybridized carbons (Fsp3) is 0.368. The van der Waals surface area contributed by atoms with Gasteiger partial charge in [0.1, 0.15) is 0 Å². The highest BCUT2D eigenvalue weighted by Crippen LogP contribution is 2.15. The summed E-state index contributed by atoms with van der Waals surface area (Å²) in [5, 5.41) is 0. The molecule has 1 aliphatic rings. The second kappa shape index (κ2) is 8.51. The molecule has 1 aromatic heterocycles. The van der Waals surface area contributed by atoms with E-state index in [1.165, 1.54) is 12.1 Å². The molecular weight excluding hydrogens is 337 g/mol. The molecule has 3 rings (SSSR count). The molecule has 0 unspecified atom stereocenters. The SMILES string of the molecule is O=C(COc1ccccc1F)N1CCCN(C(=O)Cc2ccc[nH]2)CC1. The number of ether oxygens (including phenoxy) is 1. The standard InChI is InChI=1S/C19H22FN3O3/c20-16-6-1-2-7-17(16)26-14-19(25)23-10-4-9-22(11-12-23)18(24)13-15-5-3-8-21-15/h1-3,5-8,21H,4,9-14H2. The average Bonchev–Trinajstić information content (AvgIpc) is 3.02. The minimum Gasteiger partial charge on any atom is -0.481 e. The summed E-state index contributed by atoms with van der Waals surface area (Å²) in [6, 6.07) is 9.75. The number of hydrogen-bond acceptors (Lipinski definition) is 3. The number of nitrogens with zero attached hydrogens (tertiary/aromatic N) is 2. The molecule has 2 amide bonds. The number of hydrogen-bond donors (Lipinski definition) is 1. The van der Waals surface area contributed by atoms with Gasteiger partial charge in [-0.25, -0.2) is 4.39 Å². The van der Waals surface area contributed by atoms with Crippen LogP contribution in [0.5, 0.6) is 5.75 Å². The Balaban J connectivity index is 1.49. The van der Waals surface area contributed by atoms with Crippen LogP contribution >= 0.6 is 0 Å². The van der Waals surface area contributed by atoms with Gasteiger partial charge in [0.05, 0.1) is 6.42 Å². The molecule has 6 nitrogen and oxygen atoms in total. The molecule has 1 aliphatic heterocycles. The fourth-order valence-electron chi connectivity index (χ4n) is 2.96. The molecule has 0 bridgehead atoms. The van der Waals surface area contributed by atoms with Gasteiger partial charge in [-0.05, 0) is 30.7 Å². The predicted octanol–water partition coefficient (Wildman–Crippen LogP) is 1.84. The minimum absolute atomic E-state index is 0.0457. The quantitative estimate of drug-likeness (QED) is 0.886. The Labute approximate surface area is 151 Å². The summed E-state index contributed by atoms with van der Waals surface area (Å²) in [5.41, 5.74) is 0.880. The number of benzene rings is 1. The maximum absolute atomic E-state index is 13.5. The zero-order valence-electron chi connectivity index (χ0n) is 14.5. The molecule has 1 aromatic carbocycles. The van der Waals surface area contributed by atoms with E-state index in [9.17, 15) is 14.0 Å². The van der Waals surface area contributed by atoms with Gasteiger partial charge in [0.15, 0.2) is 18.2 Å². The topological polar surface area (TPSA) is 65.6 Å². The van der Waals surface area contributed by atoms with E-state index in [1.807, 2.05) is 12.1 Å². The van der Waals surface area contributed by atoms with Gasteiger partial charge in [0, 0.05) is 38.1 Å². The summed E-state index contributed by atoms with van der Waals surface area (Å²) in [6.45, 7) is 1.92. The van der Waals surface area contributed by atoms with Crippen molar-refractivity contribution in [3.63, 3.8) is 0 Å². The normalized spacial score (nSPS) is 14.8. The van der Waals surface area contributed by atoms with Crippen LogP contribution in [-0.4, -0.2) is 59.4 Å². The second-order valence-corrected chi connectivity index (χ2v) is 6.21. The minimum atomic E-state index is -0.489. The van der Waals surface area contributed by atoms with E-state index < -0.39 is 5.82 Å². The number of nitrogens with one attached hydrogen (secondary N) is 1. The highest BCUT2D eigenvalue weighted by Gasteiger charge is 2.22. The van der Waals surface area contributed by atoms with Crippen molar-refractivity contribution in [2.24, 2.45) is 0 Å². The molecular formula is C19H22FN3O3. The average molecular weight is 359 g/mol. The molecule has 0 aliphatic carbocycles. The third-order valence-corrected chi connectivity index (χ3v) is 4.39. The molecule has 1 saturated heterocycles. The lowest BCUT2D eigenvalue weighted by molar-refractivity contribution is -0.134. The van der Waals surface area contributed by atoms with Gasteiger partial charge in [-0.3, -0.25) is 9.59 Å². The largest absolute Gasteiger partial charge is 0.481 e. The number of aromatic amines is 1. The Kier molecular flexibility index (Phi) is 5.88. The first-order chi connectivity index (χ1) is 12.6. The van der Waals surface area contributed by atoms with E-state index in [0.717, 1.165) is 5.69 Å². The lowest BCUT2D eigenvalue weighted by Crippen LogP contribution is -2.39. The Morgan fingerprint density at radius 1 is 1.00 bits per heavy atom. The zero-order valence-corrected chi connectivity index (χ0v) is 14.5. The van der Waals surface area contributed by atoms with Crippen LogP contribution in [0.15, 0.2) is 42.6 Å².